The van der Waals surface area contributed by atoms with Crippen LogP contribution in [0.4, 0.5) is 0 Å². The minimum absolute atomic E-state index is 0.0204. The van der Waals surface area contributed by atoms with E-state index in [-0.39, 0.29) is 11.8 Å². The van der Waals surface area contributed by atoms with E-state index in [0.29, 0.717) is 13.1 Å². The lowest BCUT2D eigenvalue weighted by Crippen LogP contribution is -2.49. The number of likely N-dealkylation sites (N-methyl/N-ethyl adjacent to an activating group) is 1. The molecule has 0 rings (SSSR count). The van der Waals surface area contributed by atoms with Gasteiger partial charge < -0.3 is 15.1 Å². The summed E-state index contributed by atoms with van der Waals surface area (Å²) in [5, 5.41) is 5.87. The minimum atomic E-state index is -0.0204. The van der Waals surface area contributed by atoms with Gasteiger partial charge in [-0.2, -0.15) is 0 Å². The third-order valence-electron chi connectivity index (χ3n) is 4.52. The molecule has 0 aliphatic carbocycles. The zero-order valence-electron chi connectivity index (χ0n) is 18.1. The smallest absolute Gasteiger partial charge is 0.243 e. The molecule has 0 heterocycles. The fourth-order valence-corrected chi connectivity index (χ4v) is 2.60. The van der Waals surface area contributed by atoms with Crippen molar-refractivity contribution < 1.29 is 14.1 Å². The Labute approximate surface area is 166 Å². The largest absolute Gasteiger partial charge is 0.347 e. The molecule has 156 valence electrons. The number of amides is 2. The third-order valence-corrected chi connectivity index (χ3v) is 4.52. The van der Waals surface area contributed by atoms with Crippen molar-refractivity contribution in [3.05, 3.63) is 24.3 Å². The third kappa shape index (κ3) is 17.5. The summed E-state index contributed by atoms with van der Waals surface area (Å²) < 4.78 is 0.751. The van der Waals surface area contributed by atoms with Crippen molar-refractivity contribution in [2.75, 3.05) is 40.3 Å². The Balaban J connectivity index is 3.84. The fourth-order valence-electron chi connectivity index (χ4n) is 2.60. The maximum Gasteiger partial charge on any atom is 0.243 e. The van der Waals surface area contributed by atoms with Crippen LogP contribution in [0.25, 0.3) is 0 Å². The normalized spacial score (nSPS) is 12.0. The van der Waals surface area contributed by atoms with Gasteiger partial charge in [-0.25, -0.2) is 0 Å². The zero-order valence-corrected chi connectivity index (χ0v) is 18.1. The summed E-state index contributed by atoms with van der Waals surface area (Å²) in [5.41, 5.74) is 0. The van der Waals surface area contributed by atoms with Crippen LogP contribution < -0.4 is 10.6 Å². The van der Waals surface area contributed by atoms with Crippen LogP contribution in [0.1, 0.15) is 65.2 Å². The van der Waals surface area contributed by atoms with Gasteiger partial charge in [-0.15, -0.1) is 0 Å². The number of nitrogens with zero attached hydrogens (tertiary/aromatic N) is 1. The van der Waals surface area contributed by atoms with Crippen molar-refractivity contribution in [2.24, 2.45) is 0 Å². The van der Waals surface area contributed by atoms with E-state index in [4.69, 9.17) is 0 Å². The van der Waals surface area contributed by atoms with Crippen molar-refractivity contribution >= 4 is 11.8 Å². The second kappa shape index (κ2) is 16.5. The quantitative estimate of drug-likeness (QED) is 0.244. The number of nitrogens with one attached hydrogen (secondary N) is 2. The molecule has 0 aliphatic heterocycles. The molecule has 2 N–H and O–H groups in total. The molecule has 5 nitrogen and oxygen atoms in total. The summed E-state index contributed by atoms with van der Waals surface area (Å²) in [6, 6.07) is 0. The Hall–Kier alpha value is -1.62. The Morgan fingerprint density at radius 1 is 0.741 bits per heavy atom. The van der Waals surface area contributed by atoms with Gasteiger partial charge in [0.25, 0.3) is 0 Å². The molecule has 0 unspecified atom stereocenters. The number of carbonyl (C=O) groups is 2. The zero-order chi connectivity index (χ0) is 20.4. The monoisotopic (exact) mass is 380 g/mol. The number of unbranched alkanes of at least 4 members (excludes halogenated alkanes) is 6. The van der Waals surface area contributed by atoms with Crippen LogP contribution >= 0.6 is 0 Å². The van der Waals surface area contributed by atoms with E-state index in [1.807, 2.05) is 12.2 Å². The first-order valence-electron chi connectivity index (χ1n) is 10.6. The first-order valence-corrected chi connectivity index (χ1v) is 10.6. The van der Waals surface area contributed by atoms with Gasteiger partial charge in [-0.1, -0.05) is 51.7 Å². The molecule has 0 fully saturated rings. The molecule has 27 heavy (non-hydrogen) atoms. The van der Waals surface area contributed by atoms with E-state index < -0.39 is 0 Å². The van der Waals surface area contributed by atoms with Crippen molar-refractivity contribution in [1.82, 2.24) is 10.6 Å². The van der Waals surface area contributed by atoms with Crippen molar-refractivity contribution in [2.45, 2.75) is 65.2 Å². The van der Waals surface area contributed by atoms with Gasteiger partial charge in [-0.3, -0.25) is 9.59 Å². The molecule has 0 radical (unpaired) electrons. The van der Waals surface area contributed by atoms with Gasteiger partial charge in [0.15, 0.2) is 0 Å². The molecule has 0 spiro atoms. The number of rotatable bonds is 16. The van der Waals surface area contributed by atoms with Crippen LogP contribution in [0, 0.1) is 0 Å². The molecule has 0 aromatic rings. The van der Waals surface area contributed by atoms with Gasteiger partial charge in [0.2, 0.25) is 11.8 Å². The van der Waals surface area contributed by atoms with Gasteiger partial charge in [0.1, 0.15) is 0 Å². The topological polar surface area (TPSA) is 58.2 Å². The van der Waals surface area contributed by atoms with Gasteiger partial charge >= 0.3 is 0 Å². The Morgan fingerprint density at radius 3 is 1.52 bits per heavy atom. The number of hydrogen-bond donors (Lipinski definition) is 2. The van der Waals surface area contributed by atoms with E-state index in [2.05, 4.69) is 38.6 Å². The van der Waals surface area contributed by atoms with Gasteiger partial charge in [0, 0.05) is 0 Å². The molecule has 5 heteroatoms. The van der Waals surface area contributed by atoms with E-state index >= 15 is 0 Å². The van der Waals surface area contributed by atoms with Crippen LogP contribution in [0.3, 0.4) is 0 Å². The summed E-state index contributed by atoms with van der Waals surface area (Å²) in [5.74, 6) is -0.0407. The van der Waals surface area contributed by atoms with E-state index in [1.54, 1.807) is 12.2 Å². The molecule has 0 saturated carbocycles. The number of quaternary nitrogens is 1. The first-order chi connectivity index (χ1) is 12.9. The molecule has 0 saturated heterocycles. The molecule has 0 aliphatic rings. The maximum atomic E-state index is 11.8. The highest BCUT2D eigenvalue weighted by molar-refractivity contribution is 5.87. The number of allylic oxidation sites excluding steroid dienone is 2. The second-order valence-electron chi connectivity index (χ2n) is 7.76. The predicted molar refractivity (Wildman–Crippen MR) is 114 cm³/mol. The lowest BCUT2D eigenvalue weighted by Gasteiger charge is -2.29. The lowest BCUT2D eigenvalue weighted by molar-refractivity contribution is -0.887. The molecule has 0 aromatic heterocycles. The maximum absolute atomic E-state index is 11.8. The van der Waals surface area contributed by atoms with Gasteiger partial charge in [0.05, 0.1) is 40.3 Å². The average molecular weight is 381 g/mol. The lowest BCUT2D eigenvalue weighted by atomic mass is 10.2. The SMILES string of the molecule is CCCCC/C=C/C(=O)NCC[N+](C)(C)CCNC(=O)/C=C/CCCCC. The highest BCUT2D eigenvalue weighted by atomic mass is 16.2. The van der Waals surface area contributed by atoms with Crippen LogP contribution in [0.15, 0.2) is 24.3 Å². The average Bonchev–Trinajstić information content (AvgIpc) is 2.61. The minimum Gasteiger partial charge on any atom is -0.347 e. The highest BCUT2D eigenvalue weighted by Gasteiger charge is 2.14. The second-order valence-corrected chi connectivity index (χ2v) is 7.76. The number of carbonyl (C=O) groups excluding carboxylic acids is 2. The Morgan fingerprint density at radius 2 is 1.15 bits per heavy atom. The predicted octanol–water partition coefficient (Wildman–Crippen LogP) is 3.57. The summed E-state index contributed by atoms with van der Waals surface area (Å²) in [6.07, 6.45) is 16.2. The van der Waals surface area contributed by atoms with Crippen molar-refractivity contribution in [1.29, 1.82) is 0 Å². The van der Waals surface area contributed by atoms with Crippen molar-refractivity contribution in [3.63, 3.8) is 0 Å². The molecule has 0 bridgehead atoms. The summed E-state index contributed by atoms with van der Waals surface area (Å²) in [4.78, 5) is 23.5. The molecule has 2 amide bonds. The van der Waals surface area contributed by atoms with E-state index in [1.165, 1.54) is 25.7 Å². The molecule has 0 atom stereocenters. The summed E-state index contributed by atoms with van der Waals surface area (Å²) in [7, 11) is 4.22. The molecule has 0 aromatic carbocycles. The first kappa shape index (κ1) is 25.4. The van der Waals surface area contributed by atoms with Crippen LogP contribution in [0.2, 0.25) is 0 Å². The van der Waals surface area contributed by atoms with Crippen LogP contribution in [-0.2, 0) is 9.59 Å². The Kier molecular flexibility index (Phi) is 15.6. The van der Waals surface area contributed by atoms with Gasteiger partial charge in [-0.05, 0) is 37.8 Å². The van der Waals surface area contributed by atoms with E-state index in [0.717, 1.165) is 43.3 Å². The standard InChI is InChI=1S/C22H41N3O2/c1-5-7-9-11-13-15-21(26)23-17-19-25(3,4)20-18-24-22(27)16-14-12-10-8-6-2/h13-16H,5-12,17-20H2,1-4H3,(H-,23,24,26,27)/p+1/b15-13+,16-14+. The highest BCUT2D eigenvalue weighted by Crippen LogP contribution is 2.00. The number of hydrogen-bond acceptors (Lipinski definition) is 2. The molecular weight excluding hydrogens is 338 g/mol. The van der Waals surface area contributed by atoms with E-state index in [9.17, 15) is 9.59 Å². The summed E-state index contributed by atoms with van der Waals surface area (Å²) in [6.45, 7) is 7.28. The van der Waals surface area contributed by atoms with Crippen LogP contribution in [0.5, 0.6) is 0 Å². The molecular formula is C22H42N3O2+. The van der Waals surface area contributed by atoms with Crippen LogP contribution in [-0.4, -0.2) is 56.6 Å². The summed E-state index contributed by atoms with van der Waals surface area (Å²) >= 11 is 0. The van der Waals surface area contributed by atoms with Crippen molar-refractivity contribution in [3.8, 4) is 0 Å². The Bertz CT molecular complexity index is 416. The fraction of sp³-hybridized carbons (Fsp3) is 0.727.